The zero-order valence-corrected chi connectivity index (χ0v) is 24.4. The van der Waals surface area contributed by atoms with Crippen LogP contribution in [0.1, 0.15) is 56.3 Å². The first-order chi connectivity index (χ1) is 19.4. The molecule has 2 amide bonds. The normalized spacial score (nSPS) is 24.7. The van der Waals surface area contributed by atoms with Crippen molar-refractivity contribution in [3.05, 3.63) is 58.4 Å². The van der Waals surface area contributed by atoms with Crippen LogP contribution < -0.4 is 10.6 Å². The number of benzene rings is 2. The van der Waals surface area contributed by atoms with Crippen LogP contribution >= 0.6 is 11.6 Å². The summed E-state index contributed by atoms with van der Waals surface area (Å²) in [5, 5.41) is 34.9. The molecule has 0 aliphatic heterocycles. The molecule has 42 heavy (non-hydrogen) atoms. The number of aliphatic hydroxyl groups excluding tert-OH is 1. The van der Waals surface area contributed by atoms with Crippen molar-refractivity contribution < 1.29 is 46.5 Å². The maximum absolute atomic E-state index is 13.7. The summed E-state index contributed by atoms with van der Waals surface area (Å²) in [6, 6.07) is 4.64. The molecule has 0 heterocycles. The van der Waals surface area contributed by atoms with E-state index in [1.807, 2.05) is 0 Å². The van der Waals surface area contributed by atoms with Crippen molar-refractivity contribution >= 4 is 38.9 Å². The van der Waals surface area contributed by atoms with Gasteiger partial charge in [-0.1, -0.05) is 11.6 Å². The van der Waals surface area contributed by atoms with Gasteiger partial charge in [-0.2, -0.15) is 0 Å². The Kier molecular flexibility index (Phi) is 9.02. The van der Waals surface area contributed by atoms with E-state index in [2.05, 4.69) is 10.6 Å². The SMILES string of the molecule is CC(C)(O)C(O)CNC(=O)C[C@@]1(O)C2CC[C@H]1C[C@H](S(=O)(=O)c1cc(C(=O)Nc3cc(F)c(F)c(F)c3)ccc1Cl)C2. The molecule has 4 rings (SSSR count). The molecule has 0 radical (unpaired) electrons. The van der Waals surface area contributed by atoms with Crippen LogP contribution in [0.3, 0.4) is 0 Å². The van der Waals surface area contributed by atoms with Crippen molar-refractivity contribution in [1.29, 1.82) is 0 Å². The molecule has 5 N–H and O–H groups in total. The number of hydrogen-bond acceptors (Lipinski definition) is 7. The molecule has 9 nitrogen and oxygen atoms in total. The molecule has 2 fully saturated rings. The second-order valence-corrected chi connectivity index (χ2v) is 14.2. The minimum absolute atomic E-state index is 0.0375. The van der Waals surface area contributed by atoms with E-state index in [1.54, 1.807) is 0 Å². The van der Waals surface area contributed by atoms with Gasteiger partial charge in [0.25, 0.3) is 5.91 Å². The monoisotopic (exact) mass is 632 g/mol. The Balaban J connectivity index is 1.48. The molecule has 2 aromatic carbocycles. The molecule has 0 spiro atoms. The highest BCUT2D eigenvalue weighted by molar-refractivity contribution is 7.92. The van der Waals surface area contributed by atoms with Gasteiger partial charge in [-0.05, 0) is 69.6 Å². The van der Waals surface area contributed by atoms with Gasteiger partial charge in [0, 0.05) is 29.9 Å². The summed E-state index contributed by atoms with van der Waals surface area (Å²) >= 11 is 6.24. The van der Waals surface area contributed by atoms with E-state index in [4.69, 9.17) is 11.6 Å². The molecular formula is C28H32ClF3N2O7S. The number of halogens is 4. The third kappa shape index (κ3) is 6.45. The fourth-order valence-electron chi connectivity index (χ4n) is 5.81. The first-order valence-corrected chi connectivity index (χ1v) is 15.2. The summed E-state index contributed by atoms with van der Waals surface area (Å²) in [4.78, 5) is 25.0. The molecule has 14 heteroatoms. The van der Waals surface area contributed by atoms with E-state index < -0.39 is 73.5 Å². The Labute approximate surface area is 246 Å². The lowest BCUT2D eigenvalue weighted by Crippen LogP contribution is -2.52. The first-order valence-electron chi connectivity index (χ1n) is 13.3. The van der Waals surface area contributed by atoms with Gasteiger partial charge in [0.2, 0.25) is 5.91 Å². The van der Waals surface area contributed by atoms with E-state index >= 15 is 0 Å². The number of carbonyl (C=O) groups excluding carboxylic acids is 2. The van der Waals surface area contributed by atoms with Crippen LogP contribution in [-0.2, 0) is 14.6 Å². The fraction of sp³-hybridized carbons (Fsp3) is 0.500. The van der Waals surface area contributed by atoms with Crippen molar-refractivity contribution in [3.63, 3.8) is 0 Å². The lowest BCUT2D eigenvalue weighted by atomic mass is 9.72. The topological polar surface area (TPSA) is 153 Å². The molecule has 2 unspecified atom stereocenters. The lowest BCUT2D eigenvalue weighted by Gasteiger charge is -2.42. The molecule has 2 aromatic rings. The van der Waals surface area contributed by atoms with Crippen molar-refractivity contribution in [2.24, 2.45) is 11.8 Å². The number of sulfone groups is 1. The van der Waals surface area contributed by atoms with Crippen LogP contribution in [-0.4, -0.2) is 64.7 Å². The van der Waals surface area contributed by atoms with Crippen molar-refractivity contribution in [2.75, 3.05) is 11.9 Å². The van der Waals surface area contributed by atoms with Crippen LogP contribution in [0.4, 0.5) is 18.9 Å². The Morgan fingerprint density at radius 2 is 1.67 bits per heavy atom. The molecule has 0 aromatic heterocycles. The zero-order chi connectivity index (χ0) is 31.2. The van der Waals surface area contributed by atoms with E-state index in [0.717, 1.165) is 6.07 Å². The van der Waals surface area contributed by atoms with E-state index in [0.29, 0.717) is 25.0 Å². The number of amides is 2. The van der Waals surface area contributed by atoms with Gasteiger partial charge in [0.05, 0.1) is 38.9 Å². The third-order valence-electron chi connectivity index (χ3n) is 8.30. The summed E-state index contributed by atoms with van der Waals surface area (Å²) in [6.45, 7) is 2.56. The molecule has 2 aliphatic carbocycles. The average Bonchev–Trinajstić information content (AvgIpc) is 3.05. The minimum Gasteiger partial charge on any atom is -0.389 e. The van der Waals surface area contributed by atoms with Crippen molar-refractivity contribution in [2.45, 2.75) is 73.4 Å². The van der Waals surface area contributed by atoms with Gasteiger partial charge in [-0.25, -0.2) is 21.6 Å². The maximum Gasteiger partial charge on any atom is 0.255 e. The first kappa shape index (κ1) is 32.2. The van der Waals surface area contributed by atoms with Crippen LogP contribution in [0, 0.1) is 29.3 Å². The highest BCUT2D eigenvalue weighted by Gasteiger charge is 2.56. The Morgan fingerprint density at radius 1 is 1.10 bits per heavy atom. The number of aliphatic hydroxyl groups is 3. The Bertz CT molecular complexity index is 1460. The van der Waals surface area contributed by atoms with Gasteiger partial charge in [0.15, 0.2) is 27.3 Å². The maximum atomic E-state index is 13.7. The largest absolute Gasteiger partial charge is 0.389 e. The van der Waals surface area contributed by atoms with Crippen LogP contribution in [0.25, 0.3) is 0 Å². The summed E-state index contributed by atoms with van der Waals surface area (Å²) < 4.78 is 67.8. The second-order valence-electron chi connectivity index (χ2n) is 11.6. The standard InChI is InChI=1S/C28H32ClF3N2O7S/c1-27(2,38)23(35)13-33-24(36)12-28(39)15-4-5-16(28)9-18(8-15)42(40,41)22-7-14(3-6-19(22)29)26(37)34-17-10-20(30)25(32)21(31)11-17/h3,6-7,10-11,15-16,18,23,35,38-39H,4-5,8-9,12-13H2,1-2H3,(H,33,36)(H,34,37)/t15-,16?,18-,23?,28-/m0/s1. The van der Waals surface area contributed by atoms with Gasteiger partial charge in [-0.3, -0.25) is 9.59 Å². The van der Waals surface area contributed by atoms with E-state index in [9.17, 15) is 46.5 Å². The molecule has 230 valence electrons. The van der Waals surface area contributed by atoms with Crippen molar-refractivity contribution in [3.8, 4) is 0 Å². The van der Waals surface area contributed by atoms with Crippen molar-refractivity contribution in [1.82, 2.24) is 5.32 Å². The van der Waals surface area contributed by atoms with Gasteiger partial charge >= 0.3 is 0 Å². The van der Waals surface area contributed by atoms with Crippen LogP contribution in [0.15, 0.2) is 35.2 Å². The smallest absolute Gasteiger partial charge is 0.255 e. The second kappa shape index (κ2) is 11.8. The number of carbonyl (C=O) groups is 2. The predicted octanol–water partition coefficient (Wildman–Crippen LogP) is 3.34. The number of anilines is 1. The predicted molar refractivity (Wildman–Crippen MR) is 147 cm³/mol. The summed E-state index contributed by atoms with van der Waals surface area (Å²) in [7, 11) is -4.14. The zero-order valence-electron chi connectivity index (χ0n) is 22.8. The number of rotatable bonds is 9. The molecule has 2 aliphatic rings. The van der Waals surface area contributed by atoms with Gasteiger partial charge in [0.1, 0.15) is 0 Å². The molecule has 2 saturated carbocycles. The molecular weight excluding hydrogens is 601 g/mol. The number of hydrogen-bond donors (Lipinski definition) is 5. The highest BCUT2D eigenvalue weighted by Crippen LogP contribution is 2.53. The Morgan fingerprint density at radius 3 is 2.21 bits per heavy atom. The number of nitrogens with one attached hydrogen (secondary N) is 2. The lowest BCUT2D eigenvalue weighted by molar-refractivity contribution is -0.134. The summed E-state index contributed by atoms with van der Waals surface area (Å²) in [6.07, 6.45) is -0.462. The van der Waals surface area contributed by atoms with Gasteiger partial charge in [-0.15, -0.1) is 0 Å². The average molecular weight is 633 g/mol. The third-order valence-corrected chi connectivity index (χ3v) is 11.0. The summed E-state index contributed by atoms with van der Waals surface area (Å²) in [5.41, 5.74) is -3.45. The number of fused-ring (bicyclic) bond motifs is 2. The molecule has 0 saturated heterocycles. The summed E-state index contributed by atoms with van der Waals surface area (Å²) in [5.74, 6) is -7.22. The van der Waals surface area contributed by atoms with Gasteiger partial charge < -0.3 is 26.0 Å². The fourth-order valence-corrected chi connectivity index (χ4v) is 8.21. The van der Waals surface area contributed by atoms with Crippen LogP contribution in [0.2, 0.25) is 5.02 Å². The minimum atomic E-state index is -4.14. The molecule has 5 atom stereocenters. The molecule has 2 bridgehead atoms. The van der Waals surface area contributed by atoms with E-state index in [-0.39, 0.29) is 47.0 Å². The van der Waals surface area contributed by atoms with E-state index in [1.165, 1.54) is 26.0 Å². The quantitative estimate of drug-likeness (QED) is 0.266. The Hall–Kier alpha value is -2.71. The van der Waals surface area contributed by atoms with Crippen LogP contribution in [0.5, 0.6) is 0 Å². The highest BCUT2D eigenvalue weighted by atomic mass is 35.5.